The first-order chi connectivity index (χ1) is 9.06. The van der Waals surface area contributed by atoms with Gasteiger partial charge in [0.2, 0.25) is 5.91 Å². The van der Waals surface area contributed by atoms with Crippen molar-refractivity contribution in [3.63, 3.8) is 0 Å². The molecule has 0 radical (unpaired) electrons. The van der Waals surface area contributed by atoms with Crippen molar-refractivity contribution < 1.29 is 14.3 Å². The summed E-state index contributed by atoms with van der Waals surface area (Å²) < 4.78 is 5.25. The Morgan fingerprint density at radius 2 is 2.42 bits per heavy atom. The van der Waals surface area contributed by atoms with Gasteiger partial charge in [-0.05, 0) is 22.0 Å². The van der Waals surface area contributed by atoms with Crippen molar-refractivity contribution in [3.05, 3.63) is 35.1 Å². The van der Waals surface area contributed by atoms with Crippen LogP contribution in [0.25, 0.3) is 0 Å². The summed E-state index contributed by atoms with van der Waals surface area (Å²) in [7, 11) is 1.30. The molecule has 0 aliphatic carbocycles. The molecular formula is C13H13BrN2O3. The molecule has 2 rings (SSSR count). The number of hydrogen-bond donors (Lipinski definition) is 0. The first kappa shape index (κ1) is 13.7. The lowest BCUT2D eigenvalue weighted by molar-refractivity contribution is -0.117. The molecule has 5 nitrogen and oxygen atoms in total. The number of hydrogen-bond acceptors (Lipinski definition) is 4. The molecule has 1 aromatic heterocycles. The third kappa shape index (κ3) is 2.68. The molecule has 1 saturated heterocycles. The Hall–Kier alpha value is -1.69. The van der Waals surface area contributed by atoms with Crippen LogP contribution in [0.15, 0.2) is 29.5 Å². The standard InChI is InChI=1S/C13H13BrN2O3/c1-3-8-4-12(17)16(7-8)10-6-15-11(14)5-9(10)13(18)19-2/h3,5-6,8H,1,4,7H2,2H3. The summed E-state index contributed by atoms with van der Waals surface area (Å²) in [6.07, 6.45) is 3.65. The number of aromatic nitrogens is 1. The fourth-order valence-corrected chi connectivity index (χ4v) is 2.37. The van der Waals surface area contributed by atoms with Gasteiger partial charge in [-0.25, -0.2) is 9.78 Å². The minimum Gasteiger partial charge on any atom is -0.465 e. The van der Waals surface area contributed by atoms with Crippen LogP contribution in [-0.4, -0.2) is 30.5 Å². The molecule has 1 fully saturated rings. The highest BCUT2D eigenvalue weighted by atomic mass is 79.9. The molecule has 0 aromatic carbocycles. The SMILES string of the molecule is C=CC1CC(=O)N(c2cnc(Br)cc2C(=O)OC)C1. The molecule has 19 heavy (non-hydrogen) atoms. The van der Waals surface area contributed by atoms with Crippen LogP contribution in [0, 0.1) is 5.92 Å². The molecule has 1 aliphatic heterocycles. The molecule has 1 aromatic rings. The quantitative estimate of drug-likeness (QED) is 0.485. The van der Waals surface area contributed by atoms with Crippen LogP contribution in [0.3, 0.4) is 0 Å². The summed E-state index contributed by atoms with van der Waals surface area (Å²) in [5.74, 6) is -0.436. The second-order valence-corrected chi connectivity index (χ2v) is 5.03. The van der Waals surface area contributed by atoms with Crippen molar-refractivity contribution in [3.8, 4) is 0 Å². The lowest BCUT2D eigenvalue weighted by atomic mass is 10.1. The van der Waals surface area contributed by atoms with Gasteiger partial charge in [0.1, 0.15) is 4.60 Å². The number of carbonyl (C=O) groups excluding carboxylic acids is 2. The fraction of sp³-hybridized carbons (Fsp3) is 0.308. The smallest absolute Gasteiger partial charge is 0.340 e. The number of anilines is 1. The molecule has 6 heteroatoms. The van der Waals surface area contributed by atoms with E-state index in [0.29, 0.717) is 28.8 Å². The van der Waals surface area contributed by atoms with Crippen molar-refractivity contribution >= 4 is 33.5 Å². The highest BCUT2D eigenvalue weighted by molar-refractivity contribution is 9.10. The molecule has 0 saturated carbocycles. The maximum absolute atomic E-state index is 12.0. The van der Waals surface area contributed by atoms with Crippen LogP contribution in [0.4, 0.5) is 5.69 Å². The van der Waals surface area contributed by atoms with Gasteiger partial charge in [-0.2, -0.15) is 0 Å². The Balaban J connectivity index is 2.42. The predicted octanol–water partition coefficient (Wildman–Crippen LogP) is 2.17. The van der Waals surface area contributed by atoms with E-state index in [0.717, 1.165) is 0 Å². The summed E-state index contributed by atoms with van der Waals surface area (Å²) in [6, 6.07) is 1.55. The Morgan fingerprint density at radius 3 is 3.00 bits per heavy atom. The largest absolute Gasteiger partial charge is 0.465 e. The first-order valence-corrected chi connectivity index (χ1v) is 6.53. The number of methoxy groups -OCH3 is 1. The van der Waals surface area contributed by atoms with Gasteiger partial charge in [0.05, 0.1) is 24.6 Å². The summed E-state index contributed by atoms with van der Waals surface area (Å²) in [4.78, 5) is 29.4. The zero-order valence-electron chi connectivity index (χ0n) is 10.4. The van der Waals surface area contributed by atoms with Crippen LogP contribution in [0.2, 0.25) is 0 Å². The maximum Gasteiger partial charge on any atom is 0.340 e. The second-order valence-electron chi connectivity index (χ2n) is 4.22. The van der Waals surface area contributed by atoms with E-state index < -0.39 is 5.97 Å². The van der Waals surface area contributed by atoms with E-state index in [9.17, 15) is 9.59 Å². The first-order valence-electron chi connectivity index (χ1n) is 5.73. The number of pyridine rings is 1. The van der Waals surface area contributed by atoms with E-state index in [2.05, 4.69) is 27.5 Å². The van der Waals surface area contributed by atoms with Gasteiger partial charge in [0.25, 0.3) is 0 Å². The average Bonchev–Trinajstić information content (AvgIpc) is 2.79. The minimum atomic E-state index is -0.493. The van der Waals surface area contributed by atoms with Crippen LogP contribution in [0.1, 0.15) is 16.8 Å². The zero-order valence-corrected chi connectivity index (χ0v) is 12.0. The highest BCUT2D eigenvalue weighted by Crippen LogP contribution is 2.29. The third-order valence-corrected chi connectivity index (χ3v) is 3.47. The van der Waals surface area contributed by atoms with Gasteiger partial charge in [0, 0.05) is 18.9 Å². The van der Waals surface area contributed by atoms with E-state index in [4.69, 9.17) is 4.74 Å². The van der Waals surface area contributed by atoms with E-state index in [1.54, 1.807) is 17.0 Å². The fourth-order valence-electron chi connectivity index (χ4n) is 2.04. The minimum absolute atomic E-state index is 0.0424. The number of amides is 1. The number of esters is 1. The van der Waals surface area contributed by atoms with Gasteiger partial charge in [-0.1, -0.05) is 6.08 Å². The molecular weight excluding hydrogens is 312 g/mol. The molecule has 0 bridgehead atoms. The van der Waals surface area contributed by atoms with Gasteiger partial charge >= 0.3 is 5.97 Å². The van der Waals surface area contributed by atoms with E-state index in [-0.39, 0.29) is 11.8 Å². The molecule has 0 N–H and O–H groups in total. The average molecular weight is 325 g/mol. The summed E-state index contributed by atoms with van der Waals surface area (Å²) in [5, 5.41) is 0. The number of nitrogens with zero attached hydrogens (tertiary/aromatic N) is 2. The second kappa shape index (κ2) is 5.52. The lowest BCUT2D eigenvalue weighted by Crippen LogP contribution is -2.26. The topological polar surface area (TPSA) is 59.5 Å². The van der Waals surface area contributed by atoms with Gasteiger partial charge < -0.3 is 9.64 Å². The van der Waals surface area contributed by atoms with Crippen molar-refractivity contribution in [2.24, 2.45) is 5.92 Å². The molecule has 2 heterocycles. The van der Waals surface area contributed by atoms with Crippen LogP contribution < -0.4 is 4.90 Å². The van der Waals surface area contributed by atoms with Crippen molar-refractivity contribution in [1.82, 2.24) is 4.98 Å². The van der Waals surface area contributed by atoms with Crippen molar-refractivity contribution in [1.29, 1.82) is 0 Å². The Bertz CT molecular complexity index is 545. The Kier molecular flexibility index (Phi) is 3.99. The lowest BCUT2D eigenvalue weighted by Gasteiger charge is -2.18. The number of carbonyl (C=O) groups is 2. The van der Waals surface area contributed by atoms with Crippen LogP contribution >= 0.6 is 15.9 Å². The van der Waals surface area contributed by atoms with Gasteiger partial charge in [-0.15, -0.1) is 6.58 Å². The molecule has 0 spiro atoms. The molecule has 1 atom stereocenters. The zero-order chi connectivity index (χ0) is 14.0. The normalized spacial score (nSPS) is 18.5. The van der Waals surface area contributed by atoms with Crippen LogP contribution in [0.5, 0.6) is 0 Å². The number of ether oxygens (including phenoxy) is 1. The molecule has 1 amide bonds. The Labute approximate surface area is 119 Å². The third-order valence-electron chi connectivity index (χ3n) is 3.03. The maximum atomic E-state index is 12.0. The predicted molar refractivity (Wildman–Crippen MR) is 73.9 cm³/mol. The summed E-state index contributed by atoms with van der Waals surface area (Å²) in [6.45, 7) is 4.21. The molecule has 1 aliphatic rings. The molecule has 1 unspecified atom stereocenters. The van der Waals surface area contributed by atoms with E-state index >= 15 is 0 Å². The monoisotopic (exact) mass is 324 g/mol. The van der Waals surface area contributed by atoms with E-state index in [1.165, 1.54) is 13.3 Å². The van der Waals surface area contributed by atoms with Gasteiger partial charge in [0.15, 0.2) is 0 Å². The van der Waals surface area contributed by atoms with Crippen molar-refractivity contribution in [2.75, 3.05) is 18.6 Å². The summed E-state index contributed by atoms with van der Waals surface area (Å²) >= 11 is 3.20. The number of rotatable bonds is 3. The molecule has 100 valence electrons. The summed E-state index contributed by atoms with van der Waals surface area (Å²) in [5.41, 5.74) is 0.798. The van der Waals surface area contributed by atoms with Gasteiger partial charge in [-0.3, -0.25) is 4.79 Å². The van der Waals surface area contributed by atoms with E-state index in [1.807, 2.05) is 0 Å². The number of halogens is 1. The van der Waals surface area contributed by atoms with Crippen molar-refractivity contribution in [2.45, 2.75) is 6.42 Å². The Morgan fingerprint density at radius 1 is 1.68 bits per heavy atom. The highest BCUT2D eigenvalue weighted by Gasteiger charge is 2.31. The van der Waals surface area contributed by atoms with Crippen LogP contribution in [-0.2, 0) is 9.53 Å².